The maximum Gasteiger partial charge on any atom is 0.321 e. The van der Waals surface area contributed by atoms with Gasteiger partial charge in [0.05, 0.1) is 27.4 Å². The lowest BCUT2D eigenvalue weighted by Gasteiger charge is -2.28. The smallest absolute Gasteiger partial charge is 0.321 e. The summed E-state index contributed by atoms with van der Waals surface area (Å²) in [6, 6.07) is 4.29. The molecular formula is C18H25N7O3. The molecule has 10 heteroatoms. The van der Waals surface area contributed by atoms with Gasteiger partial charge >= 0.3 is 6.01 Å². The van der Waals surface area contributed by atoms with Crippen LogP contribution in [0.4, 0.5) is 17.6 Å². The molecule has 10 nitrogen and oxygen atoms in total. The van der Waals surface area contributed by atoms with Crippen molar-refractivity contribution in [1.29, 1.82) is 0 Å². The molecule has 0 aliphatic carbocycles. The summed E-state index contributed by atoms with van der Waals surface area (Å²) >= 11 is 0. The number of methoxy groups -OCH3 is 2. The molecule has 1 N–H and O–H groups in total. The van der Waals surface area contributed by atoms with Crippen molar-refractivity contribution in [2.75, 3.05) is 68.7 Å². The summed E-state index contributed by atoms with van der Waals surface area (Å²) < 4.78 is 15.8. The molecule has 1 unspecified atom stereocenters. The minimum Gasteiger partial charge on any atom is -0.481 e. The number of rotatable bonds is 6. The van der Waals surface area contributed by atoms with Gasteiger partial charge in [0.25, 0.3) is 0 Å². The number of morpholine rings is 1. The molecule has 4 rings (SSSR count). The van der Waals surface area contributed by atoms with Crippen LogP contribution in [0.5, 0.6) is 11.9 Å². The molecule has 2 aromatic heterocycles. The van der Waals surface area contributed by atoms with E-state index in [4.69, 9.17) is 14.2 Å². The number of aromatic nitrogens is 4. The molecule has 2 aliphatic rings. The molecule has 4 heterocycles. The van der Waals surface area contributed by atoms with Crippen LogP contribution in [0.2, 0.25) is 0 Å². The van der Waals surface area contributed by atoms with E-state index in [2.05, 4.69) is 35.1 Å². The van der Waals surface area contributed by atoms with Crippen LogP contribution in [0.3, 0.4) is 0 Å². The van der Waals surface area contributed by atoms with E-state index in [0.717, 1.165) is 57.4 Å². The Morgan fingerprint density at radius 2 is 1.89 bits per heavy atom. The lowest BCUT2D eigenvalue weighted by atomic mass is 10.3. The minimum atomic E-state index is 0.229. The molecule has 2 aromatic rings. The molecule has 0 spiro atoms. The third kappa shape index (κ3) is 4.16. The lowest BCUT2D eigenvalue weighted by molar-refractivity contribution is 0.122. The van der Waals surface area contributed by atoms with Gasteiger partial charge in [0.15, 0.2) is 0 Å². The molecule has 0 amide bonds. The Morgan fingerprint density at radius 1 is 1.04 bits per heavy atom. The molecule has 0 bridgehead atoms. The standard InChI is InChI=1S/C18H25N7O3/c1-26-16-11-15(22-18(23-16)27-2)25-6-4-13(12-25)20-17-19-5-3-14(21-17)24-7-9-28-10-8-24/h3,5,11,13H,4,6-10,12H2,1-2H3,(H,19,20,21). The summed E-state index contributed by atoms with van der Waals surface area (Å²) in [5.74, 6) is 2.85. The maximum absolute atomic E-state index is 5.41. The van der Waals surface area contributed by atoms with Gasteiger partial charge in [0.2, 0.25) is 11.8 Å². The van der Waals surface area contributed by atoms with E-state index in [1.807, 2.05) is 12.1 Å². The van der Waals surface area contributed by atoms with Crippen LogP contribution in [0.15, 0.2) is 18.3 Å². The number of anilines is 3. The summed E-state index contributed by atoms with van der Waals surface area (Å²) in [5.41, 5.74) is 0. The Hall–Kier alpha value is -2.88. The van der Waals surface area contributed by atoms with E-state index in [9.17, 15) is 0 Å². The zero-order chi connectivity index (χ0) is 19.3. The number of nitrogens with one attached hydrogen (secondary N) is 1. The lowest BCUT2D eigenvalue weighted by Crippen LogP contribution is -2.37. The molecular weight excluding hydrogens is 362 g/mol. The maximum atomic E-state index is 5.41. The highest BCUT2D eigenvalue weighted by atomic mass is 16.5. The monoisotopic (exact) mass is 387 g/mol. The predicted octanol–water partition coefficient (Wildman–Crippen LogP) is 0.811. The third-order valence-corrected chi connectivity index (χ3v) is 4.88. The van der Waals surface area contributed by atoms with Crippen LogP contribution in [-0.2, 0) is 4.74 Å². The Kier molecular flexibility index (Phi) is 5.56. The Morgan fingerprint density at radius 3 is 2.68 bits per heavy atom. The quantitative estimate of drug-likeness (QED) is 0.767. The van der Waals surface area contributed by atoms with Gasteiger partial charge in [-0.15, -0.1) is 0 Å². The summed E-state index contributed by atoms with van der Waals surface area (Å²) in [7, 11) is 3.13. The third-order valence-electron chi connectivity index (χ3n) is 4.88. The van der Waals surface area contributed by atoms with Gasteiger partial charge in [-0.1, -0.05) is 0 Å². The van der Waals surface area contributed by atoms with Gasteiger partial charge in [-0.3, -0.25) is 0 Å². The number of nitrogens with zero attached hydrogens (tertiary/aromatic N) is 6. The zero-order valence-corrected chi connectivity index (χ0v) is 16.2. The molecule has 28 heavy (non-hydrogen) atoms. The average Bonchev–Trinajstić information content (AvgIpc) is 3.22. The van der Waals surface area contributed by atoms with E-state index in [1.165, 1.54) is 0 Å². The summed E-state index contributed by atoms with van der Waals surface area (Å²) in [6.07, 6.45) is 2.76. The number of hydrogen-bond donors (Lipinski definition) is 1. The van der Waals surface area contributed by atoms with Crippen LogP contribution in [-0.4, -0.2) is 79.6 Å². The van der Waals surface area contributed by atoms with Gasteiger partial charge < -0.3 is 29.3 Å². The fourth-order valence-electron chi connectivity index (χ4n) is 3.41. The summed E-state index contributed by atoms with van der Waals surface area (Å²) in [5, 5.41) is 3.45. The van der Waals surface area contributed by atoms with Gasteiger partial charge in [-0.2, -0.15) is 15.0 Å². The second kappa shape index (κ2) is 8.42. The number of hydrogen-bond acceptors (Lipinski definition) is 10. The van der Waals surface area contributed by atoms with Crippen LogP contribution in [0, 0.1) is 0 Å². The van der Waals surface area contributed by atoms with Crippen molar-refractivity contribution >= 4 is 17.6 Å². The van der Waals surface area contributed by atoms with E-state index in [0.29, 0.717) is 17.8 Å². The Bertz CT molecular complexity index is 778. The van der Waals surface area contributed by atoms with Crippen LogP contribution >= 0.6 is 0 Å². The molecule has 2 aliphatic heterocycles. The van der Waals surface area contributed by atoms with Crippen LogP contribution < -0.4 is 24.6 Å². The summed E-state index contributed by atoms with van der Waals surface area (Å²) in [6.45, 7) is 4.82. The van der Waals surface area contributed by atoms with Crippen molar-refractivity contribution in [2.45, 2.75) is 12.5 Å². The van der Waals surface area contributed by atoms with E-state index >= 15 is 0 Å². The normalized spacial score (nSPS) is 19.6. The van der Waals surface area contributed by atoms with Crippen molar-refractivity contribution < 1.29 is 14.2 Å². The second-order valence-electron chi connectivity index (χ2n) is 6.67. The highest BCUT2D eigenvalue weighted by Gasteiger charge is 2.25. The first kappa shape index (κ1) is 18.5. The molecule has 150 valence electrons. The Labute approximate surface area is 163 Å². The van der Waals surface area contributed by atoms with Gasteiger partial charge in [-0.05, 0) is 12.5 Å². The molecule has 2 saturated heterocycles. The van der Waals surface area contributed by atoms with Crippen molar-refractivity contribution in [2.24, 2.45) is 0 Å². The SMILES string of the molecule is COc1cc(N2CCC(Nc3nccc(N4CCOCC4)n3)C2)nc(OC)n1. The average molecular weight is 387 g/mol. The second-order valence-corrected chi connectivity index (χ2v) is 6.67. The van der Waals surface area contributed by atoms with Crippen LogP contribution in [0.25, 0.3) is 0 Å². The van der Waals surface area contributed by atoms with Crippen LogP contribution in [0.1, 0.15) is 6.42 Å². The highest BCUT2D eigenvalue weighted by Crippen LogP contribution is 2.25. The van der Waals surface area contributed by atoms with Crippen molar-refractivity contribution in [1.82, 2.24) is 19.9 Å². The Balaban J connectivity index is 1.41. The molecule has 1 atom stereocenters. The molecule has 0 saturated carbocycles. The predicted molar refractivity (Wildman–Crippen MR) is 104 cm³/mol. The van der Waals surface area contributed by atoms with Crippen molar-refractivity contribution in [3.8, 4) is 11.9 Å². The zero-order valence-electron chi connectivity index (χ0n) is 16.2. The van der Waals surface area contributed by atoms with E-state index in [-0.39, 0.29) is 6.04 Å². The highest BCUT2D eigenvalue weighted by molar-refractivity contribution is 5.47. The summed E-state index contributed by atoms with van der Waals surface area (Å²) in [4.78, 5) is 22.0. The first-order valence-corrected chi connectivity index (χ1v) is 9.39. The van der Waals surface area contributed by atoms with E-state index < -0.39 is 0 Å². The largest absolute Gasteiger partial charge is 0.481 e. The fraction of sp³-hybridized carbons (Fsp3) is 0.556. The molecule has 2 fully saturated rings. The molecule has 0 aromatic carbocycles. The topological polar surface area (TPSA) is 97.8 Å². The first-order valence-electron chi connectivity index (χ1n) is 9.39. The van der Waals surface area contributed by atoms with Crippen molar-refractivity contribution in [3.63, 3.8) is 0 Å². The number of ether oxygens (including phenoxy) is 3. The van der Waals surface area contributed by atoms with Gasteiger partial charge in [0.1, 0.15) is 11.6 Å². The first-order chi connectivity index (χ1) is 13.7. The van der Waals surface area contributed by atoms with Gasteiger partial charge in [-0.25, -0.2) is 4.98 Å². The fourth-order valence-corrected chi connectivity index (χ4v) is 3.41. The van der Waals surface area contributed by atoms with Crippen molar-refractivity contribution in [3.05, 3.63) is 18.3 Å². The molecule has 0 radical (unpaired) electrons. The van der Waals surface area contributed by atoms with Gasteiger partial charge in [0, 0.05) is 44.5 Å². The van der Waals surface area contributed by atoms with E-state index in [1.54, 1.807) is 20.4 Å². The minimum absolute atomic E-state index is 0.229.